The molecule has 0 saturated heterocycles. The summed E-state index contributed by atoms with van der Waals surface area (Å²) >= 11 is 0. The van der Waals surface area contributed by atoms with E-state index >= 15 is 0 Å². The third kappa shape index (κ3) is 58.9. The van der Waals surface area contributed by atoms with Gasteiger partial charge in [0.1, 0.15) is 12.6 Å². The van der Waals surface area contributed by atoms with E-state index in [1.165, 1.54) is 0 Å². The summed E-state index contributed by atoms with van der Waals surface area (Å²) < 4.78 is 0. The molecule has 0 heterocycles. The molecule has 0 amide bonds. The fourth-order valence-electron chi connectivity index (χ4n) is 0.157. The normalized spacial score (nSPS) is 9.44. The monoisotopic (exact) mass is 270 g/mol. The Morgan fingerprint density at radius 3 is 0.944 bits per heavy atom. The molecule has 0 spiro atoms. The van der Waals surface area contributed by atoms with Crippen molar-refractivity contribution in [2.75, 3.05) is 0 Å². The van der Waals surface area contributed by atoms with Crippen LogP contribution >= 0.6 is 0 Å². The highest BCUT2D eigenvalue weighted by molar-refractivity contribution is 5.57. The number of aldehydes is 2. The van der Waals surface area contributed by atoms with Gasteiger partial charge in [0.15, 0.2) is 0 Å². The van der Waals surface area contributed by atoms with Crippen molar-refractivity contribution in [2.45, 2.75) is 77.4 Å². The van der Waals surface area contributed by atoms with Crippen molar-refractivity contribution in [1.82, 2.24) is 0 Å². The van der Waals surface area contributed by atoms with E-state index in [1.54, 1.807) is 6.92 Å². The number of rotatable bonds is 3. The SMILES string of the molecule is C.C.C.C.C.C.CC(C)[C@@H](N)C=O.C[C@@H](N)C=O. The first-order valence-electron chi connectivity index (χ1n) is 3.87. The van der Waals surface area contributed by atoms with Crippen molar-refractivity contribution in [2.24, 2.45) is 17.4 Å². The Labute approximate surface area is 118 Å². The van der Waals surface area contributed by atoms with Gasteiger partial charge in [-0.25, -0.2) is 0 Å². The molecule has 120 valence electrons. The third-order valence-corrected chi connectivity index (χ3v) is 1.14. The first-order chi connectivity index (χ1) is 5.45. The van der Waals surface area contributed by atoms with Crippen LogP contribution in [0.1, 0.15) is 65.3 Å². The topological polar surface area (TPSA) is 86.2 Å². The number of hydrogen-bond donors (Lipinski definition) is 2. The molecule has 4 heteroatoms. The molecule has 0 radical (unpaired) electrons. The summed E-state index contributed by atoms with van der Waals surface area (Å²) in [5, 5.41) is 0. The molecule has 4 nitrogen and oxygen atoms in total. The lowest BCUT2D eigenvalue weighted by Gasteiger charge is -2.04. The Balaban J connectivity index is -0.0000000142. The summed E-state index contributed by atoms with van der Waals surface area (Å²) in [5.74, 6) is 0.275. The molecular weight excluding hydrogens is 228 g/mol. The zero-order valence-electron chi connectivity index (χ0n) is 7.86. The molecule has 2 atom stereocenters. The predicted molar refractivity (Wildman–Crippen MR) is 89.0 cm³/mol. The van der Waals surface area contributed by atoms with Crippen molar-refractivity contribution in [3.63, 3.8) is 0 Å². The first-order valence-corrected chi connectivity index (χ1v) is 3.87. The van der Waals surface area contributed by atoms with E-state index in [4.69, 9.17) is 11.5 Å². The Hall–Kier alpha value is -0.740. The zero-order chi connectivity index (χ0) is 10.1. The van der Waals surface area contributed by atoms with Gasteiger partial charge in [0.2, 0.25) is 0 Å². The van der Waals surface area contributed by atoms with Gasteiger partial charge in [0.05, 0.1) is 12.1 Å². The van der Waals surface area contributed by atoms with Crippen molar-refractivity contribution >= 4 is 12.6 Å². The van der Waals surface area contributed by atoms with Gasteiger partial charge in [-0.05, 0) is 12.8 Å². The smallest absolute Gasteiger partial charge is 0.136 e. The average Bonchev–Trinajstić information content (AvgIpc) is 2.04. The van der Waals surface area contributed by atoms with Gasteiger partial charge < -0.3 is 21.1 Å². The molecule has 0 aliphatic carbocycles. The number of carbonyl (C=O) groups is 2. The standard InChI is InChI=1S/C5H11NO.C3H7NO.6CH4/c1-4(2)5(6)3-7;1-3(4)2-5;;;;;;/h3-5H,6H2,1-2H3;2-3H,4H2,1H3;6*1H4/t5-;3-;;;;;;/m01....../s1. The second-order valence-electron chi connectivity index (χ2n) is 2.95. The van der Waals surface area contributed by atoms with Crippen LogP contribution in [0.4, 0.5) is 0 Å². The largest absolute Gasteiger partial charge is 0.322 e. The zero-order valence-corrected chi connectivity index (χ0v) is 7.86. The van der Waals surface area contributed by atoms with Crippen LogP contribution in [-0.2, 0) is 9.59 Å². The van der Waals surface area contributed by atoms with Crippen LogP contribution in [0, 0.1) is 5.92 Å². The molecule has 0 saturated carbocycles. The molecule has 0 aromatic carbocycles. The van der Waals surface area contributed by atoms with Crippen LogP contribution < -0.4 is 11.5 Å². The van der Waals surface area contributed by atoms with E-state index in [1.807, 2.05) is 13.8 Å². The number of nitrogens with two attached hydrogens (primary N) is 2. The Bertz CT molecular complexity index is 127. The lowest BCUT2D eigenvalue weighted by Crippen LogP contribution is -2.27. The van der Waals surface area contributed by atoms with Crippen LogP contribution in [0.5, 0.6) is 0 Å². The maximum Gasteiger partial charge on any atom is 0.136 e. The van der Waals surface area contributed by atoms with Crippen LogP contribution in [0.3, 0.4) is 0 Å². The highest BCUT2D eigenvalue weighted by Crippen LogP contribution is 1.92. The minimum Gasteiger partial charge on any atom is -0.322 e. The molecule has 0 rings (SSSR count). The Morgan fingerprint density at radius 2 is 0.944 bits per heavy atom. The Morgan fingerprint density at radius 1 is 0.722 bits per heavy atom. The van der Waals surface area contributed by atoms with E-state index in [2.05, 4.69) is 0 Å². The van der Waals surface area contributed by atoms with Gasteiger partial charge in [-0.3, -0.25) is 0 Å². The highest BCUT2D eigenvalue weighted by Gasteiger charge is 2.02. The van der Waals surface area contributed by atoms with Crippen LogP contribution in [0.15, 0.2) is 0 Å². The lowest BCUT2D eigenvalue weighted by molar-refractivity contribution is -0.110. The fourth-order valence-corrected chi connectivity index (χ4v) is 0.157. The van der Waals surface area contributed by atoms with Gasteiger partial charge in [-0.1, -0.05) is 58.4 Å². The molecule has 0 bridgehead atoms. The van der Waals surface area contributed by atoms with Crippen molar-refractivity contribution in [1.29, 1.82) is 0 Å². The van der Waals surface area contributed by atoms with E-state index in [-0.39, 0.29) is 62.6 Å². The van der Waals surface area contributed by atoms with Crippen LogP contribution in [0.2, 0.25) is 0 Å². The van der Waals surface area contributed by atoms with Crippen molar-refractivity contribution in [3.8, 4) is 0 Å². The maximum atomic E-state index is 9.82. The summed E-state index contributed by atoms with van der Waals surface area (Å²) in [6.07, 6.45) is 1.46. The maximum absolute atomic E-state index is 9.82. The van der Waals surface area contributed by atoms with E-state index in [0.29, 0.717) is 6.29 Å². The molecule has 0 aliphatic heterocycles. The summed E-state index contributed by atoms with van der Waals surface area (Å²) in [5.41, 5.74) is 10.2. The molecule has 0 aromatic heterocycles. The molecule has 0 aromatic rings. The molecule has 0 fully saturated rings. The van der Waals surface area contributed by atoms with Gasteiger partial charge >= 0.3 is 0 Å². The fraction of sp³-hybridized carbons (Fsp3) is 0.857. The van der Waals surface area contributed by atoms with Crippen LogP contribution in [0.25, 0.3) is 0 Å². The van der Waals surface area contributed by atoms with Crippen LogP contribution in [-0.4, -0.2) is 24.7 Å². The van der Waals surface area contributed by atoms with Crippen molar-refractivity contribution < 1.29 is 9.59 Å². The van der Waals surface area contributed by atoms with E-state index < -0.39 is 0 Å². The molecule has 0 aliphatic rings. The summed E-state index contributed by atoms with van der Waals surface area (Å²) in [6, 6.07) is -0.574. The second kappa shape index (κ2) is 36.0. The van der Waals surface area contributed by atoms with Crippen molar-refractivity contribution in [3.05, 3.63) is 0 Å². The van der Waals surface area contributed by atoms with Gasteiger partial charge in [0, 0.05) is 0 Å². The average molecular weight is 271 g/mol. The third-order valence-electron chi connectivity index (χ3n) is 1.14. The predicted octanol–water partition coefficient (Wildman–Crippen LogP) is 3.52. The lowest BCUT2D eigenvalue weighted by atomic mass is 10.1. The second-order valence-corrected chi connectivity index (χ2v) is 2.95. The van der Waals surface area contributed by atoms with Gasteiger partial charge in [0.25, 0.3) is 0 Å². The molecule has 0 unspecified atom stereocenters. The molecule has 4 N–H and O–H groups in total. The molecule has 18 heavy (non-hydrogen) atoms. The minimum atomic E-state index is -0.296. The number of carbonyl (C=O) groups excluding carboxylic acids is 2. The van der Waals surface area contributed by atoms with E-state index in [0.717, 1.165) is 6.29 Å². The van der Waals surface area contributed by atoms with Gasteiger partial charge in [-0.15, -0.1) is 0 Å². The number of hydrogen-bond acceptors (Lipinski definition) is 4. The molecular formula is C14H42N2O2. The highest BCUT2D eigenvalue weighted by atomic mass is 16.1. The summed E-state index contributed by atoms with van der Waals surface area (Å²) in [7, 11) is 0. The van der Waals surface area contributed by atoms with Gasteiger partial charge in [-0.2, -0.15) is 0 Å². The summed E-state index contributed by atoms with van der Waals surface area (Å²) in [4.78, 5) is 19.2. The minimum absolute atomic E-state index is 0. The van der Waals surface area contributed by atoms with E-state index in [9.17, 15) is 9.59 Å². The first kappa shape index (κ1) is 53.2. The summed E-state index contributed by atoms with van der Waals surface area (Å²) in [6.45, 7) is 5.46. The Kier molecular flexibility index (Phi) is 106. The quantitative estimate of drug-likeness (QED) is 0.768.